The minimum atomic E-state index is -3.23. The third kappa shape index (κ3) is 3.84. The van der Waals surface area contributed by atoms with Gasteiger partial charge in [0.1, 0.15) is 5.65 Å². The molecule has 0 amide bonds. The van der Waals surface area contributed by atoms with E-state index in [1.807, 2.05) is 72.8 Å². The zero-order valence-corrected chi connectivity index (χ0v) is 25.2. The van der Waals surface area contributed by atoms with Crippen molar-refractivity contribution in [2.24, 2.45) is 0 Å². The molecule has 4 heteroatoms. The summed E-state index contributed by atoms with van der Waals surface area (Å²) in [5.74, 6) is 0. The van der Waals surface area contributed by atoms with Gasteiger partial charge in [-0.25, -0.2) is 4.98 Å². The van der Waals surface area contributed by atoms with Crippen molar-refractivity contribution in [2.75, 3.05) is 0 Å². The summed E-state index contributed by atoms with van der Waals surface area (Å²) < 4.78 is 17.9. The summed E-state index contributed by atoms with van der Waals surface area (Å²) in [7, 11) is -3.23. The van der Waals surface area contributed by atoms with Crippen LogP contribution >= 0.6 is 7.14 Å². The molecule has 0 aliphatic heterocycles. The van der Waals surface area contributed by atoms with Gasteiger partial charge in [0.25, 0.3) is 0 Å². The predicted octanol–water partition coefficient (Wildman–Crippen LogP) is 9.25. The normalized spacial score (nSPS) is 12.1. The minimum absolute atomic E-state index is 0.828. The van der Waals surface area contributed by atoms with Gasteiger partial charge in [0.15, 0.2) is 7.14 Å². The van der Waals surface area contributed by atoms with Crippen molar-refractivity contribution in [3.8, 4) is 11.1 Å². The second-order valence-corrected chi connectivity index (χ2v) is 14.2. The van der Waals surface area contributed by atoms with Crippen LogP contribution < -0.4 is 15.9 Å². The maximum absolute atomic E-state index is 15.6. The van der Waals surface area contributed by atoms with E-state index in [4.69, 9.17) is 4.98 Å². The van der Waals surface area contributed by atoms with Crippen molar-refractivity contribution in [1.82, 2.24) is 9.38 Å². The number of hydrogen-bond acceptors (Lipinski definition) is 2. The molecule has 45 heavy (non-hydrogen) atoms. The molecule has 2 aromatic heterocycles. The van der Waals surface area contributed by atoms with Crippen LogP contribution in [-0.4, -0.2) is 9.38 Å². The van der Waals surface area contributed by atoms with E-state index in [0.717, 1.165) is 70.8 Å². The molecule has 0 radical (unpaired) electrons. The van der Waals surface area contributed by atoms with Gasteiger partial charge in [-0.05, 0) is 46.2 Å². The second-order valence-electron chi connectivity index (χ2n) is 11.5. The highest BCUT2D eigenvalue weighted by Gasteiger charge is 2.32. The number of hydrogen-bond donors (Lipinski definition) is 0. The van der Waals surface area contributed by atoms with Crippen LogP contribution in [0.15, 0.2) is 164 Å². The SMILES string of the molecule is O=P(c1ccccc1)(c1ccccc1)c1cccc2cccc(-c3ccc4c5ccccc5n5c6ccccc6nc5c4c3)c12. The van der Waals surface area contributed by atoms with E-state index in [2.05, 4.69) is 95.4 Å². The molecule has 212 valence electrons. The molecule has 7 aromatic carbocycles. The Kier molecular flexibility index (Phi) is 5.78. The van der Waals surface area contributed by atoms with Gasteiger partial charge in [-0.2, -0.15) is 0 Å². The van der Waals surface area contributed by atoms with Gasteiger partial charge in [0, 0.05) is 32.1 Å². The fraction of sp³-hybridized carbons (Fsp3) is 0. The molecule has 2 heterocycles. The molecule has 0 fully saturated rings. The number of pyridine rings is 1. The molecule has 9 rings (SSSR count). The largest absolute Gasteiger partial charge is 0.309 e. The average molecular weight is 595 g/mol. The van der Waals surface area contributed by atoms with Crippen LogP contribution in [0.3, 0.4) is 0 Å². The van der Waals surface area contributed by atoms with Crippen LogP contribution in [0.1, 0.15) is 0 Å². The Labute approximate surface area is 260 Å². The van der Waals surface area contributed by atoms with Gasteiger partial charge in [0.05, 0.1) is 16.6 Å². The lowest BCUT2D eigenvalue weighted by Gasteiger charge is -2.23. The summed E-state index contributed by atoms with van der Waals surface area (Å²) in [6.07, 6.45) is 0. The fourth-order valence-electron chi connectivity index (χ4n) is 7.01. The van der Waals surface area contributed by atoms with E-state index in [9.17, 15) is 0 Å². The van der Waals surface area contributed by atoms with Crippen molar-refractivity contribution < 1.29 is 4.57 Å². The Morgan fingerprint density at radius 2 is 1.16 bits per heavy atom. The zero-order chi connectivity index (χ0) is 30.0. The number of rotatable bonds is 4. The monoisotopic (exact) mass is 594 g/mol. The molecule has 0 saturated heterocycles. The first kappa shape index (κ1) is 25.9. The lowest BCUT2D eigenvalue weighted by atomic mass is 9.95. The Bertz CT molecular complexity index is 2580. The molecular weight excluding hydrogens is 567 g/mol. The van der Waals surface area contributed by atoms with Crippen LogP contribution in [0.2, 0.25) is 0 Å². The van der Waals surface area contributed by atoms with E-state index in [1.165, 1.54) is 5.39 Å². The quantitative estimate of drug-likeness (QED) is 0.150. The molecule has 9 aromatic rings. The zero-order valence-electron chi connectivity index (χ0n) is 24.3. The van der Waals surface area contributed by atoms with Crippen molar-refractivity contribution in [3.05, 3.63) is 164 Å². The van der Waals surface area contributed by atoms with E-state index in [1.54, 1.807) is 0 Å². The Hall–Kier alpha value is -5.50. The molecule has 0 aliphatic carbocycles. The van der Waals surface area contributed by atoms with Gasteiger partial charge < -0.3 is 4.57 Å². The second kappa shape index (κ2) is 10.0. The molecular formula is C41H27N2OP. The predicted molar refractivity (Wildman–Crippen MR) is 190 cm³/mol. The van der Waals surface area contributed by atoms with Gasteiger partial charge in [-0.15, -0.1) is 0 Å². The highest BCUT2D eigenvalue weighted by atomic mass is 31.2. The van der Waals surface area contributed by atoms with Crippen molar-refractivity contribution in [2.45, 2.75) is 0 Å². The summed E-state index contributed by atoms with van der Waals surface area (Å²) >= 11 is 0. The Balaban J connectivity index is 1.38. The molecule has 0 bridgehead atoms. The molecule has 0 saturated carbocycles. The fourth-order valence-corrected chi connectivity index (χ4v) is 9.90. The number of nitrogens with zero attached hydrogens (tertiary/aromatic N) is 2. The third-order valence-corrected chi connectivity index (χ3v) is 12.1. The number of para-hydroxylation sites is 3. The number of benzene rings is 7. The third-order valence-electron chi connectivity index (χ3n) is 9.03. The van der Waals surface area contributed by atoms with Crippen molar-refractivity contribution in [3.63, 3.8) is 0 Å². The summed E-state index contributed by atoms with van der Waals surface area (Å²) in [6, 6.07) is 56.0. The molecule has 0 spiro atoms. The van der Waals surface area contributed by atoms with Crippen LogP contribution in [0.4, 0.5) is 0 Å². The van der Waals surface area contributed by atoms with Gasteiger partial charge >= 0.3 is 0 Å². The standard InChI is InChI=1S/C41H27N2OP/c44-45(30-15-3-1-4-16-30,31-17-5-2-6-18-31)39-24-12-14-28-13-11-20-32(40(28)39)29-25-26-33-34-19-7-9-22-37(34)43-38-23-10-8-21-36(38)42-41(43)35(33)27-29/h1-27H. The maximum atomic E-state index is 15.6. The highest BCUT2D eigenvalue weighted by molar-refractivity contribution is 7.85. The van der Waals surface area contributed by atoms with Crippen LogP contribution in [-0.2, 0) is 4.57 Å². The van der Waals surface area contributed by atoms with E-state index in [-0.39, 0.29) is 0 Å². The summed E-state index contributed by atoms with van der Waals surface area (Å²) in [5.41, 5.74) is 6.26. The summed E-state index contributed by atoms with van der Waals surface area (Å²) in [5, 5.41) is 8.02. The van der Waals surface area contributed by atoms with Crippen LogP contribution in [0.25, 0.3) is 60.3 Å². The highest BCUT2D eigenvalue weighted by Crippen LogP contribution is 2.46. The first-order valence-electron chi connectivity index (χ1n) is 15.2. The van der Waals surface area contributed by atoms with Gasteiger partial charge in [-0.3, -0.25) is 4.40 Å². The average Bonchev–Trinajstić information content (AvgIpc) is 3.52. The van der Waals surface area contributed by atoms with E-state index < -0.39 is 7.14 Å². The lowest BCUT2D eigenvalue weighted by molar-refractivity contribution is 0.592. The van der Waals surface area contributed by atoms with Crippen molar-refractivity contribution >= 4 is 72.2 Å². The van der Waals surface area contributed by atoms with Crippen LogP contribution in [0, 0.1) is 0 Å². The molecule has 0 aliphatic rings. The number of aromatic nitrogens is 2. The molecule has 0 N–H and O–H groups in total. The Morgan fingerprint density at radius 3 is 1.91 bits per heavy atom. The topological polar surface area (TPSA) is 34.4 Å². The van der Waals surface area contributed by atoms with E-state index in [0.29, 0.717) is 0 Å². The minimum Gasteiger partial charge on any atom is -0.309 e. The van der Waals surface area contributed by atoms with E-state index >= 15 is 4.57 Å². The first-order chi connectivity index (χ1) is 22.2. The van der Waals surface area contributed by atoms with Gasteiger partial charge in [-0.1, -0.05) is 140 Å². The number of fused-ring (bicyclic) bond motifs is 9. The maximum Gasteiger partial charge on any atom is 0.171 e. The first-order valence-corrected chi connectivity index (χ1v) is 16.9. The summed E-state index contributed by atoms with van der Waals surface area (Å²) in [4.78, 5) is 5.15. The lowest BCUT2D eigenvalue weighted by Crippen LogP contribution is -2.25. The molecule has 0 unspecified atom stereocenters. The Morgan fingerprint density at radius 1 is 0.511 bits per heavy atom. The summed E-state index contributed by atoms with van der Waals surface area (Å²) in [6.45, 7) is 0. The molecule has 3 nitrogen and oxygen atoms in total. The number of imidazole rings is 1. The smallest absolute Gasteiger partial charge is 0.171 e. The van der Waals surface area contributed by atoms with Crippen molar-refractivity contribution in [1.29, 1.82) is 0 Å². The van der Waals surface area contributed by atoms with Crippen LogP contribution in [0.5, 0.6) is 0 Å². The van der Waals surface area contributed by atoms with Gasteiger partial charge in [0.2, 0.25) is 0 Å². The molecule has 0 atom stereocenters.